The fraction of sp³-hybridized carbons (Fsp3) is 0.370. The first-order chi connectivity index (χ1) is 15.5. The van der Waals surface area contributed by atoms with Crippen molar-refractivity contribution in [3.05, 3.63) is 58.8 Å². The second-order valence-corrected chi connectivity index (χ2v) is 9.08. The van der Waals surface area contributed by atoms with Crippen molar-refractivity contribution in [3.8, 4) is 16.9 Å². The molecule has 168 valence electrons. The highest BCUT2D eigenvalue weighted by atomic mass is 35.5. The normalized spacial score (nSPS) is 15.6. The Kier molecular flexibility index (Phi) is 6.90. The fourth-order valence-electron chi connectivity index (χ4n) is 4.67. The largest absolute Gasteiger partial charge is 0.496 e. The first kappa shape index (κ1) is 22.5. The van der Waals surface area contributed by atoms with E-state index in [0.29, 0.717) is 5.02 Å². The number of carbonyl (C=O) groups excluding carboxylic acids is 1. The van der Waals surface area contributed by atoms with Crippen molar-refractivity contribution in [2.75, 3.05) is 7.11 Å². The van der Waals surface area contributed by atoms with Gasteiger partial charge < -0.3 is 14.5 Å². The number of aryl methyl sites for hydroxylation is 1. The number of rotatable bonds is 5. The summed E-state index contributed by atoms with van der Waals surface area (Å²) < 4.78 is 11.7. The van der Waals surface area contributed by atoms with Crippen LogP contribution in [0.4, 0.5) is 0 Å². The number of ether oxygens (including phenoxy) is 1. The molecule has 4 rings (SSSR count). The van der Waals surface area contributed by atoms with Crippen LogP contribution in [0.25, 0.3) is 27.7 Å². The van der Waals surface area contributed by atoms with E-state index < -0.39 is 0 Å². The molecule has 0 atom stereocenters. The summed E-state index contributed by atoms with van der Waals surface area (Å²) in [6.07, 6.45) is 10.5. The quantitative estimate of drug-likeness (QED) is 0.326. The van der Waals surface area contributed by atoms with Crippen LogP contribution in [0.1, 0.15) is 56.6 Å². The lowest BCUT2D eigenvalue weighted by atomic mass is 9.96. The summed E-state index contributed by atoms with van der Waals surface area (Å²) in [4.78, 5) is 12.8. The van der Waals surface area contributed by atoms with Gasteiger partial charge in [0.05, 0.1) is 13.4 Å². The van der Waals surface area contributed by atoms with Crippen molar-refractivity contribution >= 4 is 34.1 Å². The number of carbonyl (C=O) groups is 1. The second kappa shape index (κ2) is 9.83. The molecule has 1 aliphatic rings. The van der Waals surface area contributed by atoms with Gasteiger partial charge in [-0.1, -0.05) is 49.4 Å². The maximum Gasteiger partial charge on any atom is 0.244 e. The topological polar surface area (TPSA) is 51.5 Å². The van der Waals surface area contributed by atoms with Gasteiger partial charge in [0.15, 0.2) is 0 Å². The molecule has 0 unspecified atom stereocenters. The summed E-state index contributed by atoms with van der Waals surface area (Å²) >= 11 is 6.06. The smallest absolute Gasteiger partial charge is 0.244 e. The number of nitrogens with one attached hydrogen (secondary N) is 1. The molecule has 0 bridgehead atoms. The molecule has 0 radical (unpaired) electrons. The molecule has 1 heterocycles. The van der Waals surface area contributed by atoms with E-state index in [-0.39, 0.29) is 11.9 Å². The monoisotopic (exact) mass is 451 g/mol. The van der Waals surface area contributed by atoms with Gasteiger partial charge in [-0.3, -0.25) is 4.79 Å². The number of methoxy groups -OCH3 is 1. The zero-order chi connectivity index (χ0) is 22.7. The summed E-state index contributed by atoms with van der Waals surface area (Å²) in [5.74, 6) is 0.685. The fourth-order valence-corrected chi connectivity index (χ4v) is 4.79. The minimum atomic E-state index is -0.0423. The molecular weight excluding hydrogens is 422 g/mol. The summed E-state index contributed by atoms with van der Waals surface area (Å²) in [5.41, 5.74) is 5.46. The van der Waals surface area contributed by atoms with Crippen LogP contribution in [0.2, 0.25) is 5.02 Å². The van der Waals surface area contributed by atoms with Crippen molar-refractivity contribution in [1.29, 1.82) is 0 Å². The van der Waals surface area contributed by atoms with Crippen molar-refractivity contribution in [2.24, 2.45) is 0 Å². The van der Waals surface area contributed by atoms with Gasteiger partial charge in [-0.2, -0.15) is 0 Å². The van der Waals surface area contributed by atoms with E-state index in [9.17, 15) is 4.79 Å². The molecule has 3 aromatic rings. The molecule has 0 aliphatic heterocycles. The van der Waals surface area contributed by atoms with E-state index >= 15 is 0 Å². The molecule has 1 N–H and O–H groups in total. The molecule has 0 saturated heterocycles. The van der Waals surface area contributed by atoms with Gasteiger partial charge in [0.25, 0.3) is 0 Å². The minimum absolute atomic E-state index is 0.0423. The first-order valence-corrected chi connectivity index (χ1v) is 11.7. The Bertz CT molecular complexity index is 1140. The molecule has 2 aromatic carbocycles. The lowest BCUT2D eigenvalue weighted by Crippen LogP contribution is -2.33. The van der Waals surface area contributed by atoms with Crippen LogP contribution >= 0.6 is 11.6 Å². The molecule has 1 amide bonds. The molecule has 4 nitrogen and oxygen atoms in total. The van der Waals surface area contributed by atoms with Gasteiger partial charge in [0.2, 0.25) is 5.91 Å². The standard InChI is InChI=1S/C27H30ClNO3/c1-17(14-25(30)29-21-8-6-4-5-7-9-21)22-15-23-24(19-10-12-20(28)13-11-19)16-32-27(23)18(2)26(22)31-3/h10-16,21H,4-9H2,1-3H3,(H,29,30)/b17-14+. The molecule has 1 saturated carbocycles. The Morgan fingerprint density at radius 1 is 1.16 bits per heavy atom. The molecule has 1 aromatic heterocycles. The molecule has 5 heteroatoms. The Morgan fingerprint density at radius 2 is 1.84 bits per heavy atom. The zero-order valence-electron chi connectivity index (χ0n) is 19.0. The predicted molar refractivity (Wildman–Crippen MR) is 131 cm³/mol. The lowest BCUT2D eigenvalue weighted by Gasteiger charge is -2.16. The number of hydrogen-bond acceptors (Lipinski definition) is 3. The first-order valence-electron chi connectivity index (χ1n) is 11.3. The van der Waals surface area contributed by atoms with Crippen LogP contribution in [0, 0.1) is 6.92 Å². The number of halogens is 1. The third kappa shape index (κ3) is 4.71. The molecule has 1 aliphatic carbocycles. The van der Waals surface area contributed by atoms with Crippen molar-refractivity contribution < 1.29 is 13.9 Å². The summed E-state index contributed by atoms with van der Waals surface area (Å²) in [7, 11) is 1.65. The highest BCUT2D eigenvalue weighted by Crippen LogP contribution is 2.40. The summed E-state index contributed by atoms with van der Waals surface area (Å²) in [6.45, 7) is 3.94. The van der Waals surface area contributed by atoms with Crippen LogP contribution in [0.5, 0.6) is 5.75 Å². The minimum Gasteiger partial charge on any atom is -0.496 e. The van der Waals surface area contributed by atoms with Gasteiger partial charge in [-0.15, -0.1) is 0 Å². The Hall–Kier alpha value is -2.72. The number of benzene rings is 2. The van der Waals surface area contributed by atoms with Crippen molar-refractivity contribution in [2.45, 2.75) is 58.4 Å². The maximum atomic E-state index is 12.8. The van der Waals surface area contributed by atoms with Crippen molar-refractivity contribution in [1.82, 2.24) is 5.32 Å². The van der Waals surface area contributed by atoms with Gasteiger partial charge in [0.1, 0.15) is 11.3 Å². The van der Waals surface area contributed by atoms with Crippen LogP contribution in [0.3, 0.4) is 0 Å². The van der Waals surface area contributed by atoms with Crippen LogP contribution in [0.15, 0.2) is 47.1 Å². The summed E-state index contributed by atoms with van der Waals surface area (Å²) in [5, 5.41) is 4.88. The highest BCUT2D eigenvalue weighted by molar-refractivity contribution is 6.30. The van der Waals surface area contributed by atoms with Gasteiger partial charge in [0, 0.05) is 39.2 Å². The van der Waals surface area contributed by atoms with Crippen molar-refractivity contribution in [3.63, 3.8) is 0 Å². The number of hydrogen-bond donors (Lipinski definition) is 1. The third-order valence-corrected chi connectivity index (χ3v) is 6.63. The molecule has 1 fully saturated rings. The molecule has 0 spiro atoms. The SMILES string of the molecule is COc1c(/C(C)=C/C(=O)NC2CCCCCC2)cc2c(-c3ccc(Cl)cc3)coc2c1C. The number of allylic oxidation sites excluding steroid dienone is 1. The zero-order valence-corrected chi connectivity index (χ0v) is 19.7. The van der Waals surface area contributed by atoms with E-state index in [2.05, 4.69) is 11.4 Å². The summed E-state index contributed by atoms with van der Waals surface area (Å²) in [6, 6.07) is 10.0. The lowest BCUT2D eigenvalue weighted by molar-refractivity contribution is -0.117. The second-order valence-electron chi connectivity index (χ2n) is 8.64. The average Bonchev–Trinajstić information content (AvgIpc) is 3.04. The van der Waals surface area contributed by atoms with Crippen LogP contribution < -0.4 is 10.1 Å². The number of amides is 1. The Balaban J connectivity index is 1.70. The Morgan fingerprint density at radius 3 is 2.50 bits per heavy atom. The third-order valence-electron chi connectivity index (χ3n) is 6.38. The molecule has 32 heavy (non-hydrogen) atoms. The van der Waals surface area contributed by atoms with E-state index in [0.717, 1.165) is 57.4 Å². The number of fused-ring (bicyclic) bond motifs is 1. The van der Waals surface area contributed by atoms with E-state index in [1.807, 2.05) is 38.1 Å². The predicted octanol–water partition coefficient (Wildman–Crippen LogP) is 7.31. The number of furan rings is 1. The van der Waals surface area contributed by atoms with Crippen LogP contribution in [-0.4, -0.2) is 19.1 Å². The van der Waals surface area contributed by atoms with Gasteiger partial charge in [-0.25, -0.2) is 0 Å². The van der Waals surface area contributed by atoms with E-state index in [1.54, 1.807) is 19.4 Å². The Labute approximate surface area is 194 Å². The average molecular weight is 452 g/mol. The van der Waals surface area contributed by atoms with Gasteiger partial charge in [-0.05, 0) is 56.0 Å². The van der Waals surface area contributed by atoms with Gasteiger partial charge >= 0.3 is 0 Å². The van der Waals surface area contributed by atoms with E-state index in [1.165, 1.54) is 25.7 Å². The maximum absolute atomic E-state index is 12.8. The van der Waals surface area contributed by atoms with E-state index in [4.69, 9.17) is 20.8 Å². The molecular formula is C27H30ClNO3. The highest BCUT2D eigenvalue weighted by Gasteiger charge is 2.19. The van der Waals surface area contributed by atoms with Crippen LogP contribution in [-0.2, 0) is 4.79 Å².